The Balaban J connectivity index is 1.63. The summed E-state index contributed by atoms with van der Waals surface area (Å²) < 4.78 is 14.2. The zero-order chi connectivity index (χ0) is 25.9. The Morgan fingerprint density at radius 1 is 1.30 bits per heavy atom. The van der Waals surface area contributed by atoms with Crippen LogP contribution in [-0.2, 0) is 4.74 Å². The number of aliphatic imine (C=N–C) groups is 1. The number of hydrogen-bond acceptors (Lipinski definition) is 8. The van der Waals surface area contributed by atoms with E-state index in [0.717, 1.165) is 54.1 Å². The average Bonchev–Trinajstić information content (AvgIpc) is 3.56. The number of likely N-dealkylation sites (N-methyl/N-ethyl adjacent to an activating group) is 1. The molecule has 0 radical (unpaired) electrons. The molecule has 0 unspecified atom stereocenters. The third-order valence-electron chi connectivity index (χ3n) is 6.90. The monoisotopic (exact) mass is 497 g/mol. The lowest BCUT2D eigenvalue weighted by Crippen LogP contribution is -2.28. The fourth-order valence-electron chi connectivity index (χ4n) is 4.91. The van der Waals surface area contributed by atoms with Gasteiger partial charge in [-0.05, 0) is 57.4 Å². The highest BCUT2D eigenvalue weighted by atomic mass is 16.5. The Bertz CT molecular complexity index is 1410. The second-order valence-electron chi connectivity index (χ2n) is 9.60. The fourth-order valence-corrected chi connectivity index (χ4v) is 4.91. The topological polar surface area (TPSA) is 91.3 Å². The van der Waals surface area contributed by atoms with Crippen molar-refractivity contribution in [3.63, 3.8) is 0 Å². The number of hydrogen-bond donors (Lipinski definition) is 0. The normalized spacial score (nSPS) is 18.7. The summed E-state index contributed by atoms with van der Waals surface area (Å²) in [5.74, 6) is 1.81. The smallest absolute Gasteiger partial charge is 0.302 e. The SMILES string of the molecule is C=NC1=C(/C=C(\C)c2c(-c3ccc(C#N)cc3)nc(OC[C@@H]3CCN(C)C3)n3ccnc23)OCCN1C. The first-order chi connectivity index (χ1) is 18.0. The second kappa shape index (κ2) is 10.4. The molecule has 1 atom stereocenters. The Hall–Kier alpha value is -4.16. The van der Waals surface area contributed by atoms with E-state index in [1.807, 2.05) is 47.7 Å². The van der Waals surface area contributed by atoms with Gasteiger partial charge in [0.05, 0.1) is 30.5 Å². The van der Waals surface area contributed by atoms with E-state index in [9.17, 15) is 5.26 Å². The molecule has 1 saturated heterocycles. The molecule has 2 aliphatic heterocycles. The van der Waals surface area contributed by atoms with Gasteiger partial charge in [-0.2, -0.15) is 10.2 Å². The Labute approximate surface area is 217 Å². The minimum Gasteiger partial charge on any atom is -0.488 e. The zero-order valence-electron chi connectivity index (χ0n) is 21.5. The van der Waals surface area contributed by atoms with Crippen LogP contribution in [-0.4, -0.2) is 77.8 Å². The van der Waals surface area contributed by atoms with Crippen LogP contribution in [0.4, 0.5) is 0 Å². The van der Waals surface area contributed by atoms with Crippen LogP contribution < -0.4 is 4.74 Å². The molecule has 2 aliphatic rings. The molecule has 2 aromatic heterocycles. The van der Waals surface area contributed by atoms with Gasteiger partial charge in [0.2, 0.25) is 0 Å². The zero-order valence-corrected chi connectivity index (χ0v) is 21.5. The molecule has 9 nitrogen and oxygen atoms in total. The van der Waals surface area contributed by atoms with Crippen molar-refractivity contribution < 1.29 is 9.47 Å². The molecular formula is C28H31N7O2. The summed E-state index contributed by atoms with van der Waals surface area (Å²) in [5, 5.41) is 9.30. The predicted molar refractivity (Wildman–Crippen MR) is 143 cm³/mol. The number of ether oxygens (including phenoxy) is 2. The Morgan fingerprint density at radius 3 is 2.81 bits per heavy atom. The average molecular weight is 498 g/mol. The molecule has 37 heavy (non-hydrogen) atoms. The lowest BCUT2D eigenvalue weighted by Gasteiger charge is -2.27. The number of imidazole rings is 1. The second-order valence-corrected chi connectivity index (χ2v) is 9.60. The number of nitriles is 1. The number of fused-ring (bicyclic) bond motifs is 1. The van der Waals surface area contributed by atoms with Crippen molar-refractivity contribution >= 4 is 17.9 Å². The van der Waals surface area contributed by atoms with Crippen LogP contribution in [0, 0.1) is 17.2 Å². The van der Waals surface area contributed by atoms with Crippen molar-refractivity contribution in [2.75, 3.05) is 46.9 Å². The highest BCUT2D eigenvalue weighted by Gasteiger charge is 2.24. The van der Waals surface area contributed by atoms with Crippen LogP contribution in [0.1, 0.15) is 24.5 Å². The van der Waals surface area contributed by atoms with E-state index in [2.05, 4.69) is 29.7 Å². The number of benzene rings is 1. The maximum Gasteiger partial charge on any atom is 0.302 e. The van der Waals surface area contributed by atoms with Gasteiger partial charge in [-0.15, -0.1) is 0 Å². The molecule has 1 fully saturated rings. The third kappa shape index (κ3) is 4.93. The van der Waals surface area contributed by atoms with Crippen molar-refractivity contribution in [2.45, 2.75) is 13.3 Å². The van der Waals surface area contributed by atoms with E-state index < -0.39 is 0 Å². The Kier molecular flexibility index (Phi) is 6.93. The third-order valence-corrected chi connectivity index (χ3v) is 6.90. The molecule has 0 amide bonds. The number of aromatic nitrogens is 3. The molecule has 0 saturated carbocycles. The van der Waals surface area contributed by atoms with Crippen LogP contribution in [0.5, 0.6) is 6.01 Å². The van der Waals surface area contributed by atoms with Gasteiger partial charge < -0.3 is 19.3 Å². The summed E-state index contributed by atoms with van der Waals surface area (Å²) >= 11 is 0. The van der Waals surface area contributed by atoms with E-state index in [1.165, 1.54) is 0 Å². The largest absolute Gasteiger partial charge is 0.488 e. The van der Waals surface area contributed by atoms with E-state index in [4.69, 9.17) is 19.4 Å². The molecule has 190 valence electrons. The molecular weight excluding hydrogens is 466 g/mol. The van der Waals surface area contributed by atoms with Crippen LogP contribution in [0.15, 0.2) is 59.3 Å². The van der Waals surface area contributed by atoms with Crippen molar-refractivity contribution in [3.8, 4) is 23.3 Å². The van der Waals surface area contributed by atoms with E-state index in [0.29, 0.717) is 42.3 Å². The Morgan fingerprint density at radius 2 is 2.11 bits per heavy atom. The van der Waals surface area contributed by atoms with E-state index in [-0.39, 0.29) is 0 Å². The predicted octanol–water partition coefficient (Wildman–Crippen LogP) is 3.83. The summed E-state index contributed by atoms with van der Waals surface area (Å²) in [6.45, 7) is 9.73. The minimum absolute atomic E-state index is 0.460. The molecule has 0 spiro atoms. The molecule has 0 aliphatic carbocycles. The number of allylic oxidation sites excluding steroid dienone is 2. The molecule has 0 N–H and O–H groups in total. The van der Waals surface area contributed by atoms with Gasteiger partial charge >= 0.3 is 6.01 Å². The van der Waals surface area contributed by atoms with Gasteiger partial charge in [0, 0.05) is 43.0 Å². The van der Waals surface area contributed by atoms with Crippen molar-refractivity contribution in [1.29, 1.82) is 5.26 Å². The summed E-state index contributed by atoms with van der Waals surface area (Å²) in [4.78, 5) is 18.2. The van der Waals surface area contributed by atoms with Gasteiger partial charge in [-0.25, -0.2) is 9.98 Å². The number of nitrogens with zero attached hydrogens (tertiary/aromatic N) is 7. The molecule has 3 aromatic rings. The van der Waals surface area contributed by atoms with E-state index in [1.54, 1.807) is 18.3 Å². The van der Waals surface area contributed by atoms with Gasteiger partial charge in [-0.3, -0.25) is 4.40 Å². The first-order valence-corrected chi connectivity index (χ1v) is 12.4. The van der Waals surface area contributed by atoms with Crippen LogP contribution >= 0.6 is 0 Å². The van der Waals surface area contributed by atoms with Gasteiger partial charge in [0.15, 0.2) is 17.2 Å². The first kappa shape index (κ1) is 24.5. The van der Waals surface area contributed by atoms with Gasteiger partial charge in [0.25, 0.3) is 0 Å². The lowest BCUT2D eigenvalue weighted by atomic mass is 9.99. The molecule has 4 heterocycles. The fraction of sp³-hybridized carbons (Fsp3) is 0.357. The molecule has 0 bridgehead atoms. The first-order valence-electron chi connectivity index (χ1n) is 12.4. The summed E-state index contributed by atoms with van der Waals surface area (Å²) in [6, 6.07) is 10.1. The standard InChI is InChI=1S/C28H31N7O2/c1-19(15-23-26(30-2)34(4)13-14-36-23)24-25(22-7-5-20(16-29)6-8-22)32-28(35-12-10-31-27(24)35)37-18-21-9-11-33(3)17-21/h5-8,10,12,15,21H,2,9,11,13-14,17-18H2,1,3-4H3/b19-15+/t21-/m1/s1. The minimum atomic E-state index is 0.460. The van der Waals surface area contributed by atoms with Crippen LogP contribution in [0.3, 0.4) is 0 Å². The van der Waals surface area contributed by atoms with Gasteiger partial charge in [0.1, 0.15) is 6.61 Å². The van der Waals surface area contributed by atoms with Crippen LogP contribution in [0.2, 0.25) is 0 Å². The molecule has 9 heteroatoms. The summed E-state index contributed by atoms with van der Waals surface area (Å²) in [6.07, 6.45) is 6.70. The maximum atomic E-state index is 9.30. The maximum absolute atomic E-state index is 9.30. The van der Waals surface area contributed by atoms with Crippen molar-refractivity contribution in [1.82, 2.24) is 24.2 Å². The highest BCUT2D eigenvalue weighted by molar-refractivity contribution is 5.87. The van der Waals surface area contributed by atoms with Crippen molar-refractivity contribution in [2.24, 2.45) is 10.9 Å². The van der Waals surface area contributed by atoms with Gasteiger partial charge in [-0.1, -0.05) is 12.1 Å². The molecule has 5 rings (SSSR count). The number of likely N-dealkylation sites (tertiary alicyclic amines) is 1. The van der Waals surface area contributed by atoms with Crippen LogP contribution in [0.25, 0.3) is 22.5 Å². The summed E-state index contributed by atoms with van der Waals surface area (Å²) in [5.41, 5.74) is 4.70. The summed E-state index contributed by atoms with van der Waals surface area (Å²) in [7, 11) is 4.11. The van der Waals surface area contributed by atoms with E-state index >= 15 is 0 Å². The molecule has 1 aromatic carbocycles. The number of rotatable bonds is 7. The quantitative estimate of drug-likeness (QED) is 0.458. The van der Waals surface area contributed by atoms with Crippen molar-refractivity contribution in [3.05, 3.63) is 65.4 Å². The highest BCUT2D eigenvalue weighted by Crippen LogP contribution is 2.34. The lowest BCUT2D eigenvalue weighted by molar-refractivity contribution is 0.151.